The van der Waals surface area contributed by atoms with E-state index in [1.807, 2.05) is 30.3 Å². The van der Waals surface area contributed by atoms with E-state index in [2.05, 4.69) is 176 Å². The second kappa shape index (κ2) is 14.0. The summed E-state index contributed by atoms with van der Waals surface area (Å²) >= 11 is 0. The van der Waals surface area contributed by atoms with Gasteiger partial charge in [0.05, 0.1) is 23.0 Å². The Morgan fingerprint density at radius 3 is 1.77 bits per heavy atom. The van der Waals surface area contributed by atoms with Crippen LogP contribution < -0.4 is 0 Å². The van der Waals surface area contributed by atoms with Crippen LogP contribution >= 0.6 is 0 Å². The first kappa shape index (κ1) is 32.9. The van der Waals surface area contributed by atoms with E-state index in [4.69, 9.17) is 9.97 Å². The fraction of sp³-hybridized carbons (Fsp3) is 0. The Kier molecular flexibility index (Phi) is 8.21. The molecule has 1 heterocycles. The lowest BCUT2D eigenvalue weighted by molar-refractivity contribution is 1.18. The maximum absolute atomic E-state index is 9.35. The summed E-state index contributed by atoms with van der Waals surface area (Å²) in [5.74, 6) is 0.657. The second-order valence-electron chi connectivity index (χ2n) is 14.1. The molecule has 3 heteroatoms. The molecule has 0 saturated carbocycles. The van der Waals surface area contributed by atoms with E-state index in [0.717, 1.165) is 55.9 Å². The first-order valence-electron chi connectivity index (χ1n) is 18.8. The molecule has 0 aliphatic rings. The molecule has 3 nitrogen and oxygen atoms in total. The summed E-state index contributed by atoms with van der Waals surface area (Å²) in [5.41, 5.74) is 12.0. The van der Waals surface area contributed by atoms with Crippen molar-refractivity contribution in [3.8, 4) is 73.4 Å². The molecule has 0 bridgehead atoms. The van der Waals surface area contributed by atoms with Crippen LogP contribution in [0.25, 0.3) is 99.6 Å². The second-order valence-corrected chi connectivity index (χ2v) is 14.1. The van der Waals surface area contributed by atoms with Crippen LogP contribution in [0.5, 0.6) is 0 Å². The number of rotatable bonds is 6. The molecule has 0 fully saturated rings. The van der Waals surface area contributed by atoms with Crippen LogP contribution in [0.1, 0.15) is 5.56 Å². The molecule has 0 aliphatic carbocycles. The Bertz CT molecular complexity index is 3120. The van der Waals surface area contributed by atoms with Gasteiger partial charge in [0.2, 0.25) is 0 Å². The van der Waals surface area contributed by atoms with Gasteiger partial charge >= 0.3 is 0 Å². The van der Waals surface area contributed by atoms with Crippen molar-refractivity contribution in [3.05, 3.63) is 206 Å². The smallest absolute Gasteiger partial charge is 0.160 e. The quantitative estimate of drug-likeness (QED) is 0.127. The molecule has 0 radical (unpaired) electrons. The third kappa shape index (κ3) is 5.97. The van der Waals surface area contributed by atoms with E-state index < -0.39 is 0 Å². The van der Waals surface area contributed by atoms with Crippen LogP contribution in [-0.4, -0.2) is 9.97 Å². The predicted molar refractivity (Wildman–Crippen MR) is 232 cm³/mol. The lowest BCUT2D eigenvalue weighted by Gasteiger charge is -2.15. The molecule has 0 saturated heterocycles. The van der Waals surface area contributed by atoms with Crippen molar-refractivity contribution in [3.63, 3.8) is 0 Å². The molecule has 260 valence electrons. The van der Waals surface area contributed by atoms with E-state index in [9.17, 15) is 5.26 Å². The van der Waals surface area contributed by atoms with Crippen LogP contribution in [-0.2, 0) is 0 Å². The lowest BCUT2D eigenvalue weighted by atomic mass is 9.89. The SMILES string of the molecule is N#Cc1ccc(-c2cccc(-c3cc(-c4ccccc4-c4ccccc4)nc(-c4ccc(-c5c6ccccc6cc6c5ccc5ccccc56)cc4)n3)c2)cc1. The van der Waals surface area contributed by atoms with E-state index in [1.54, 1.807) is 0 Å². The molecule has 9 aromatic carbocycles. The van der Waals surface area contributed by atoms with Crippen molar-refractivity contribution in [2.45, 2.75) is 0 Å². The molecular formula is C53H33N3. The number of nitriles is 1. The van der Waals surface area contributed by atoms with Gasteiger partial charge in [-0.2, -0.15) is 5.26 Å². The topological polar surface area (TPSA) is 49.6 Å². The zero-order valence-electron chi connectivity index (χ0n) is 30.4. The van der Waals surface area contributed by atoms with Gasteiger partial charge in [-0.25, -0.2) is 9.97 Å². The summed E-state index contributed by atoms with van der Waals surface area (Å²) in [6.07, 6.45) is 0. The fourth-order valence-corrected chi connectivity index (χ4v) is 7.95. The number of hydrogen-bond donors (Lipinski definition) is 0. The normalized spacial score (nSPS) is 11.2. The predicted octanol–water partition coefficient (Wildman–Crippen LogP) is 13.8. The van der Waals surface area contributed by atoms with Crippen molar-refractivity contribution in [2.24, 2.45) is 0 Å². The van der Waals surface area contributed by atoms with E-state index >= 15 is 0 Å². The van der Waals surface area contributed by atoms with Crippen LogP contribution in [0.3, 0.4) is 0 Å². The van der Waals surface area contributed by atoms with Gasteiger partial charge in [-0.3, -0.25) is 0 Å². The van der Waals surface area contributed by atoms with Crippen LogP contribution in [0.15, 0.2) is 200 Å². The van der Waals surface area contributed by atoms with Crippen LogP contribution in [0.4, 0.5) is 0 Å². The van der Waals surface area contributed by atoms with Gasteiger partial charge in [0.25, 0.3) is 0 Å². The minimum Gasteiger partial charge on any atom is -0.228 e. The number of fused-ring (bicyclic) bond motifs is 4. The fourth-order valence-electron chi connectivity index (χ4n) is 7.95. The highest BCUT2D eigenvalue weighted by atomic mass is 14.9. The molecule has 0 spiro atoms. The monoisotopic (exact) mass is 711 g/mol. The maximum atomic E-state index is 9.35. The number of aromatic nitrogens is 2. The summed E-state index contributed by atoms with van der Waals surface area (Å²) in [5, 5.41) is 16.8. The van der Waals surface area contributed by atoms with Gasteiger partial charge in [-0.1, -0.05) is 170 Å². The van der Waals surface area contributed by atoms with Crippen molar-refractivity contribution < 1.29 is 0 Å². The zero-order chi connectivity index (χ0) is 37.4. The van der Waals surface area contributed by atoms with Gasteiger partial charge in [-0.05, 0) is 96.0 Å². The summed E-state index contributed by atoms with van der Waals surface area (Å²) in [6.45, 7) is 0. The zero-order valence-corrected chi connectivity index (χ0v) is 30.4. The Labute approximate surface area is 325 Å². The van der Waals surface area contributed by atoms with Crippen molar-refractivity contribution >= 4 is 32.3 Å². The molecule has 0 atom stereocenters. The van der Waals surface area contributed by atoms with Gasteiger partial charge in [0.1, 0.15) is 0 Å². The third-order valence-electron chi connectivity index (χ3n) is 10.7. The molecular weight excluding hydrogens is 679 g/mol. The molecule has 10 aromatic rings. The van der Waals surface area contributed by atoms with Crippen molar-refractivity contribution in [1.29, 1.82) is 5.26 Å². The Balaban J connectivity index is 1.13. The van der Waals surface area contributed by atoms with Gasteiger partial charge in [-0.15, -0.1) is 0 Å². The summed E-state index contributed by atoms with van der Waals surface area (Å²) < 4.78 is 0. The average molecular weight is 712 g/mol. The van der Waals surface area contributed by atoms with Gasteiger partial charge in [0.15, 0.2) is 5.82 Å². The van der Waals surface area contributed by atoms with Crippen LogP contribution in [0, 0.1) is 11.3 Å². The van der Waals surface area contributed by atoms with Gasteiger partial charge < -0.3 is 0 Å². The average Bonchev–Trinajstić information content (AvgIpc) is 3.28. The Morgan fingerprint density at radius 2 is 0.964 bits per heavy atom. The number of hydrogen-bond acceptors (Lipinski definition) is 3. The number of benzene rings is 9. The molecule has 0 aliphatic heterocycles. The summed E-state index contributed by atoms with van der Waals surface area (Å²) in [7, 11) is 0. The highest BCUT2D eigenvalue weighted by molar-refractivity contribution is 6.20. The Morgan fingerprint density at radius 1 is 0.339 bits per heavy atom. The largest absolute Gasteiger partial charge is 0.228 e. The minimum absolute atomic E-state index is 0.639. The standard InChI is InChI=1S/C53H33N3/c54-34-35-21-23-36(24-22-35)41-15-10-16-43(31-41)50-33-51(47-20-9-8-17-44(47)37-11-2-1-3-12-37)56-53(55-50)40-27-25-39(26-28-40)52-46-19-7-5-14-42(46)32-49-45-18-6-4-13-38(45)29-30-48(49)52/h1-33H. The summed E-state index contributed by atoms with van der Waals surface area (Å²) in [6, 6.07) is 72.2. The molecule has 0 amide bonds. The maximum Gasteiger partial charge on any atom is 0.160 e. The van der Waals surface area contributed by atoms with E-state index in [1.165, 1.54) is 37.9 Å². The van der Waals surface area contributed by atoms with E-state index in [0.29, 0.717) is 11.4 Å². The molecule has 1 aromatic heterocycles. The third-order valence-corrected chi connectivity index (χ3v) is 10.7. The molecule has 0 unspecified atom stereocenters. The first-order chi connectivity index (χ1) is 27.7. The van der Waals surface area contributed by atoms with Gasteiger partial charge in [0, 0.05) is 16.7 Å². The molecule has 10 rings (SSSR count). The molecule has 0 N–H and O–H groups in total. The molecule has 56 heavy (non-hydrogen) atoms. The van der Waals surface area contributed by atoms with Crippen molar-refractivity contribution in [2.75, 3.05) is 0 Å². The van der Waals surface area contributed by atoms with Crippen molar-refractivity contribution in [1.82, 2.24) is 9.97 Å². The highest BCUT2D eigenvalue weighted by Gasteiger charge is 2.16. The van der Waals surface area contributed by atoms with Crippen LogP contribution in [0.2, 0.25) is 0 Å². The number of nitrogens with zero attached hydrogens (tertiary/aromatic N) is 3. The van der Waals surface area contributed by atoms with E-state index in [-0.39, 0.29) is 0 Å². The summed E-state index contributed by atoms with van der Waals surface area (Å²) in [4.78, 5) is 10.5. The first-order valence-corrected chi connectivity index (χ1v) is 18.8. The highest BCUT2D eigenvalue weighted by Crippen LogP contribution is 2.40. The lowest BCUT2D eigenvalue weighted by Crippen LogP contribution is -1.97. The minimum atomic E-state index is 0.639. The Hall–Kier alpha value is -7.67.